The van der Waals surface area contributed by atoms with Gasteiger partial charge >= 0.3 is 11.9 Å². The van der Waals surface area contributed by atoms with Crippen LogP contribution < -0.4 is 0 Å². The second kappa shape index (κ2) is 5.84. The molecule has 0 bridgehead atoms. The number of ether oxygens (including phenoxy) is 1. The molecule has 0 aliphatic heterocycles. The van der Waals surface area contributed by atoms with Crippen LogP contribution >= 0.6 is 0 Å². The summed E-state index contributed by atoms with van der Waals surface area (Å²) in [4.78, 5) is 24.8. The van der Waals surface area contributed by atoms with Gasteiger partial charge in [-0.2, -0.15) is 0 Å². The molecule has 0 amide bonds. The maximum absolute atomic E-state index is 11.6. The number of hydrogen-bond acceptors (Lipinski definition) is 4. The van der Waals surface area contributed by atoms with E-state index < -0.39 is 11.9 Å². The molecule has 0 radical (unpaired) electrons. The van der Waals surface area contributed by atoms with Crippen molar-refractivity contribution in [3.63, 3.8) is 0 Å². The SMILES string of the molecule is CC(=CN(C)C)C(=O)OC(=O)c1ccccc1. The Morgan fingerprint density at radius 1 is 1.18 bits per heavy atom. The Balaban J connectivity index is 2.67. The summed E-state index contributed by atoms with van der Waals surface area (Å²) in [5.41, 5.74) is 0.734. The van der Waals surface area contributed by atoms with E-state index in [9.17, 15) is 9.59 Å². The standard InChI is InChI=1S/C13H15NO3/c1-10(9-14(2)3)12(15)17-13(16)11-7-5-4-6-8-11/h4-9H,1-3H3. The molecule has 0 saturated carbocycles. The van der Waals surface area contributed by atoms with E-state index in [0.29, 0.717) is 11.1 Å². The zero-order valence-electron chi connectivity index (χ0n) is 10.1. The van der Waals surface area contributed by atoms with Crippen LogP contribution in [0.2, 0.25) is 0 Å². The summed E-state index contributed by atoms with van der Waals surface area (Å²) in [6.07, 6.45) is 1.60. The van der Waals surface area contributed by atoms with Crippen molar-refractivity contribution in [2.45, 2.75) is 6.92 Å². The molecule has 4 heteroatoms. The van der Waals surface area contributed by atoms with Crippen molar-refractivity contribution >= 4 is 11.9 Å². The van der Waals surface area contributed by atoms with Gasteiger partial charge in [0.05, 0.1) is 11.1 Å². The lowest BCUT2D eigenvalue weighted by molar-refractivity contribution is -0.133. The van der Waals surface area contributed by atoms with E-state index in [4.69, 9.17) is 4.74 Å². The van der Waals surface area contributed by atoms with Gasteiger partial charge in [0.2, 0.25) is 0 Å². The molecule has 4 nitrogen and oxygen atoms in total. The van der Waals surface area contributed by atoms with Crippen LogP contribution in [-0.4, -0.2) is 30.9 Å². The van der Waals surface area contributed by atoms with E-state index in [2.05, 4.69) is 0 Å². The minimum atomic E-state index is -0.637. The first-order valence-corrected chi connectivity index (χ1v) is 5.17. The van der Waals surface area contributed by atoms with Crippen molar-refractivity contribution in [1.29, 1.82) is 0 Å². The highest BCUT2D eigenvalue weighted by atomic mass is 16.6. The number of nitrogens with zero attached hydrogens (tertiary/aromatic N) is 1. The molecule has 1 rings (SSSR count). The fourth-order valence-electron chi connectivity index (χ4n) is 1.24. The summed E-state index contributed by atoms with van der Waals surface area (Å²) in [7, 11) is 3.57. The van der Waals surface area contributed by atoms with E-state index in [0.717, 1.165) is 0 Å². The maximum Gasteiger partial charge on any atom is 0.346 e. The zero-order valence-corrected chi connectivity index (χ0v) is 10.1. The Morgan fingerprint density at radius 3 is 2.29 bits per heavy atom. The molecule has 0 spiro atoms. The molecular formula is C13H15NO3. The summed E-state index contributed by atoms with van der Waals surface area (Å²) in [6.45, 7) is 1.60. The normalized spacial score (nSPS) is 10.9. The van der Waals surface area contributed by atoms with Gasteiger partial charge in [-0.25, -0.2) is 9.59 Å². The molecule has 0 unspecified atom stereocenters. The maximum atomic E-state index is 11.6. The van der Waals surface area contributed by atoms with Crippen LogP contribution in [-0.2, 0) is 9.53 Å². The summed E-state index contributed by atoms with van der Waals surface area (Å²) < 4.78 is 4.73. The molecule has 0 atom stereocenters. The summed E-state index contributed by atoms with van der Waals surface area (Å²) in [5, 5.41) is 0. The molecule has 0 fully saturated rings. The number of carbonyl (C=O) groups is 2. The highest BCUT2D eigenvalue weighted by Gasteiger charge is 2.13. The lowest BCUT2D eigenvalue weighted by Crippen LogP contribution is -2.15. The number of hydrogen-bond donors (Lipinski definition) is 0. The first kappa shape index (κ1) is 13.0. The topological polar surface area (TPSA) is 46.6 Å². The molecule has 17 heavy (non-hydrogen) atoms. The number of carbonyl (C=O) groups excluding carboxylic acids is 2. The highest BCUT2D eigenvalue weighted by molar-refractivity contribution is 6.01. The van der Waals surface area contributed by atoms with Crippen LogP contribution in [0.4, 0.5) is 0 Å². The molecule has 1 aromatic rings. The van der Waals surface area contributed by atoms with Crippen LogP contribution in [0.15, 0.2) is 42.1 Å². The van der Waals surface area contributed by atoms with Gasteiger partial charge in [0.25, 0.3) is 0 Å². The highest BCUT2D eigenvalue weighted by Crippen LogP contribution is 2.04. The van der Waals surface area contributed by atoms with E-state index in [1.165, 1.54) is 0 Å². The lowest BCUT2D eigenvalue weighted by atomic mass is 10.2. The number of benzene rings is 1. The zero-order chi connectivity index (χ0) is 12.8. The average molecular weight is 233 g/mol. The third-order valence-corrected chi connectivity index (χ3v) is 1.97. The van der Waals surface area contributed by atoms with Crippen molar-refractivity contribution in [1.82, 2.24) is 4.90 Å². The van der Waals surface area contributed by atoms with Crippen LogP contribution in [0.1, 0.15) is 17.3 Å². The van der Waals surface area contributed by atoms with Crippen molar-refractivity contribution in [2.24, 2.45) is 0 Å². The first-order valence-electron chi connectivity index (χ1n) is 5.17. The minimum Gasteiger partial charge on any atom is -0.386 e. The van der Waals surface area contributed by atoms with Gasteiger partial charge in [-0.15, -0.1) is 0 Å². The van der Waals surface area contributed by atoms with Gasteiger partial charge in [-0.1, -0.05) is 18.2 Å². The van der Waals surface area contributed by atoms with E-state index in [-0.39, 0.29) is 0 Å². The molecule has 0 aromatic heterocycles. The minimum absolute atomic E-state index is 0.360. The molecule has 0 N–H and O–H groups in total. The second-order valence-electron chi connectivity index (χ2n) is 3.82. The number of esters is 2. The van der Waals surface area contributed by atoms with Crippen molar-refractivity contribution < 1.29 is 14.3 Å². The van der Waals surface area contributed by atoms with Crippen molar-refractivity contribution in [3.8, 4) is 0 Å². The van der Waals surface area contributed by atoms with E-state index in [1.54, 1.807) is 62.5 Å². The van der Waals surface area contributed by atoms with E-state index in [1.807, 2.05) is 0 Å². The first-order chi connectivity index (χ1) is 8.00. The second-order valence-corrected chi connectivity index (χ2v) is 3.82. The summed E-state index contributed by atoms with van der Waals surface area (Å²) in [5.74, 6) is -1.27. The van der Waals surface area contributed by atoms with E-state index >= 15 is 0 Å². The lowest BCUT2D eigenvalue weighted by Gasteiger charge is -2.07. The van der Waals surface area contributed by atoms with Gasteiger partial charge in [0.15, 0.2) is 0 Å². The van der Waals surface area contributed by atoms with Gasteiger partial charge in [0.1, 0.15) is 0 Å². The molecule has 1 aromatic carbocycles. The monoisotopic (exact) mass is 233 g/mol. The molecule has 0 aliphatic rings. The third-order valence-electron chi connectivity index (χ3n) is 1.97. The van der Waals surface area contributed by atoms with Crippen LogP contribution in [0.3, 0.4) is 0 Å². The summed E-state index contributed by atoms with van der Waals surface area (Å²) in [6, 6.07) is 8.41. The molecule has 0 aliphatic carbocycles. The Hall–Kier alpha value is -2.10. The summed E-state index contributed by atoms with van der Waals surface area (Å²) >= 11 is 0. The van der Waals surface area contributed by atoms with Crippen molar-refractivity contribution in [2.75, 3.05) is 14.1 Å². The van der Waals surface area contributed by atoms with Gasteiger partial charge < -0.3 is 9.64 Å². The third kappa shape index (κ3) is 4.10. The predicted molar refractivity (Wildman–Crippen MR) is 64.3 cm³/mol. The Bertz CT molecular complexity index is 435. The fraction of sp³-hybridized carbons (Fsp3) is 0.231. The van der Waals surface area contributed by atoms with Crippen LogP contribution in [0.5, 0.6) is 0 Å². The quantitative estimate of drug-likeness (QED) is 0.454. The Kier molecular flexibility index (Phi) is 4.46. The van der Waals surface area contributed by atoms with Crippen LogP contribution in [0, 0.1) is 0 Å². The molecule has 90 valence electrons. The molecular weight excluding hydrogens is 218 g/mol. The van der Waals surface area contributed by atoms with Gasteiger partial charge in [0, 0.05) is 20.3 Å². The Morgan fingerprint density at radius 2 is 1.76 bits per heavy atom. The van der Waals surface area contributed by atoms with Crippen LogP contribution in [0.25, 0.3) is 0 Å². The predicted octanol–water partition coefficient (Wildman–Crippen LogP) is 1.84. The smallest absolute Gasteiger partial charge is 0.346 e. The average Bonchev–Trinajstić information content (AvgIpc) is 2.29. The van der Waals surface area contributed by atoms with Crippen molar-refractivity contribution in [3.05, 3.63) is 47.7 Å². The Labute approximate surface area is 100 Å². The molecule has 0 saturated heterocycles. The van der Waals surface area contributed by atoms with Gasteiger partial charge in [-0.05, 0) is 19.1 Å². The van der Waals surface area contributed by atoms with Gasteiger partial charge in [-0.3, -0.25) is 0 Å². The largest absolute Gasteiger partial charge is 0.386 e. The number of rotatable bonds is 3. The fourth-order valence-corrected chi connectivity index (χ4v) is 1.24. The molecule has 0 heterocycles.